The van der Waals surface area contributed by atoms with Gasteiger partial charge in [-0.3, -0.25) is 4.99 Å². The Labute approximate surface area is 211 Å². The summed E-state index contributed by atoms with van der Waals surface area (Å²) in [5.74, 6) is 1.43. The van der Waals surface area contributed by atoms with Crippen molar-refractivity contribution in [2.45, 2.75) is 19.8 Å². The number of hydrogen-bond acceptors (Lipinski definition) is 4. The van der Waals surface area contributed by atoms with E-state index in [0.29, 0.717) is 5.89 Å². The van der Waals surface area contributed by atoms with Crippen LogP contribution in [-0.4, -0.2) is 40.9 Å². The van der Waals surface area contributed by atoms with E-state index >= 15 is 0 Å². The zero-order valence-corrected chi connectivity index (χ0v) is 21.2. The van der Waals surface area contributed by atoms with Gasteiger partial charge in [-0.1, -0.05) is 29.8 Å². The molecule has 2 N–H and O–H groups in total. The van der Waals surface area contributed by atoms with Crippen molar-refractivity contribution < 1.29 is 4.42 Å². The molecule has 4 aromatic rings. The van der Waals surface area contributed by atoms with Gasteiger partial charge in [-0.15, -0.1) is 24.0 Å². The fraction of sp³-hybridized carbons (Fsp3) is 0.240. The second-order valence-electron chi connectivity index (χ2n) is 7.55. The summed E-state index contributed by atoms with van der Waals surface area (Å²) in [6.07, 6.45) is 7.10. The predicted molar refractivity (Wildman–Crippen MR) is 142 cm³/mol. The number of benzene rings is 2. The number of guanidine groups is 1. The Bertz CT molecular complexity index is 1130. The molecule has 0 spiro atoms. The van der Waals surface area contributed by atoms with Gasteiger partial charge in [0, 0.05) is 44.5 Å². The molecule has 0 radical (unpaired) electrons. The van der Waals surface area contributed by atoms with Gasteiger partial charge in [0.2, 0.25) is 5.89 Å². The number of aromatic nitrogens is 3. The van der Waals surface area contributed by atoms with E-state index in [1.165, 1.54) is 11.1 Å². The van der Waals surface area contributed by atoms with Crippen LogP contribution in [0.4, 0.5) is 0 Å². The highest BCUT2D eigenvalue weighted by Crippen LogP contribution is 2.19. The van der Waals surface area contributed by atoms with E-state index < -0.39 is 0 Å². The standard InChI is InChI=1S/C25H28N6O.HI/c1-19-4-8-21(9-5-19)24-30-22(18-32-24)13-16-28-25(26-2)27-15-12-20-6-10-23(11-7-20)31-17-3-14-29-31;/h3-11,14,17-18H,12-13,15-16H2,1-2H3,(H2,26,27,28);1H. The molecule has 0 saturated carbocycles. The Morgan fingerprint density at radius 2 is 1.73 bits per heavy atom. The van der Waals surface area contributed by atoms with Crippen molar-refractivity contribution in [1.29, 1.82) is 0 Å². The van der Waals surface area contributed by atoms with Crippen LogP contribution in [0.2, 0.25) is 0 Å². The van der Waals surface area contributed by atoms with Crippen LogP contribution in [0.25, 0.3) is 17.1 Å². The summed E-state index contributed by atoms with van der Waals surface area (Å²) in [6.45, 7) is 3.58. The maximum atomic E-state index is 5.63. The maximum Gasteiger partial charge on any atom is 0.226 e. The first-order valence-corrected chi connectivity index (χ1v) is 10.8. The van der Waals surface area contributed by atoms with Gasteiger partial charge in [-0.2, -0.15) is 5.10 Å². The molecule has 172 valence electrons. The number of nitrogens with one attached hydrogen (secondary N) is 2. The van der Waals surface area contributed by atoms with E-state index in [-0.39, 0.29) is 24.0 Å². The Morgan fingerprint density at radius 1 is 1.00 bits per heavy atom. The lowest BCUT2D eigenvalue weighted by molar-refractivity contribution is 0.572. The molecule has 8 heteroatoms. The first-order valence-electron chi connectivity index (χ1n) is 10.8. The van der Waals surface area contributed by atoms with E-state index in [0.717, 1.165) is 48.8 Å². The largest absolute Gasteiger partial charge is 0.444 e. The number of hydrogen-bond donors (Lipinski definition) is 2. The highest BCUT2D eigenvalue weighted by molar-refractivity contribution is 14.0. The van der Waals surface area contributed by atoms with Gasteiger partial charge in [0.15, 0.2) is 5.96 Å². The van der Waals surface area contributed by atoms with Crippen molar-refractivity contribution in [3.8, 4) is 17.1 Å². The second kappa shape index (κ2) is 12.2. The first kappa shape index (κ1) is 24.5. The minimum absolute atomic E-state index is 0. The van der Waals surface area contributed by atoms with Crippen molar-refractivity contribution in [3.05, 3.63) is 90.1 Å². The summed E-state index contributed by atoms with van der Waals surface area (Å²) < 4.78 is 7.48. The zero-order chi connectivity index (χ0) is 22.2. The van der Waals surface area contributed by atoms with E-state index in [4.69, 9.17) is 4.42 Å². The van der Waals surface area contributed by atoms with Gasteiger partial charge in [0.05, 0.1) is 11.4 Å². The fourth-order valence-corrected chi connectivity index (χ4v) is 3.34. The Balaban J connectivity index is 0.00000306. The average Bonchev–Trinajstić information content (AvgIpc) is 3.52. The van der Waals surface area contributed by atoms with Crippen LogP contribution in [0.1, 0.15) is 16.8 Å². The molecule has 0 aliphatic carbocycles. The number of aryl methyl sites for hydroxylation is 1. The lowest BCUT2D eigenvalue weighted by Crippen LogP contribution is -2.39. The summed E-state index contributed by atoms with van der Waals surface area (Å²) in [5.41, 5.74) is 5.44. The Kier molecular flexibility index (Phi) is 9.05. The van der Waals surface area contributed by atoms with Crippen LogP contribution < -0.4 is 10.6 Å². The molecule has 2 aromatic carbocycles. The van der Waals surface area contributed by atoms with Crippen molar-refractivity contribution >= 4 is 29.9 Å². The summed E-state index contributed by atoms with van der Waals surface area (Å²) in [7, 11) is 1.78. The lowest BCUT2D eigenvalue weighted by atomic mass is 10.1. The number of nitrogens with zero attached hydrogens (tertiary/aromatic N) is 4. The summed E-state index contributed by atoms with van der Waals surface area (Å²) in [5, 5.41) is 10.9. The summed E-state index contributed by atoms with van der Waals surface area (Å²) >= 11 is 0. The van der Waals surface area contributed by atoms with Crippen LogP contribution in [0.15, 0.2) is 82.7 Å². The number of halogens is 1. The van der Waals surface area contributed by atoms with Gasteiger partial charge >= 0.3 is 0 Å². The lowest BCUT2D eigenvalue weighted by Gasteiger charge is -2.11. The molecule has 7 nitrogen and oxygen atoms in total. The summed E-state index contributed by atoms with van der Waals surface area (Å²) in [4.78, 5) is 8.89. The van der Waals surface area contributed by atoms with Gasteiger partial charge in [-0.25, -0.2) is 9.67 Å². The summed E-state index contributed by atoms with van der Waals surface area (Å²) in [6, 6.07) is 18.5. The Morgan fingerprint density at radius 3 is 2.39 bits per heavy atom. The monoisotopic (exact) mass is 556 g/mol. The number of rotatable bonds is 8. The molecule has 0 aliphatic heterocycles. The molecule has 0 aliphatic rings. The van der Waals surface area contributed by atoms with Crippen molar-refractivity contribution in [1.82, 2.24) is 25.4 Å². The van der Waals surface area contributed by atoms with Crippen LogP contribution in [0.5, 0.6) is 0 Å². The third-order valence-corrected chi connectivity index (χ3v) is 5.16. The smallest absolute Gasteiger partial charge is 0.226 e. The maximum absolute atomic E-state index is 5.63. The van der Waals surface area contributed by atoms with Gasteiger partial charge in [0.1, 0.15) is 6.26 Å². The fourth-order valence-electron chi connectivity index (χ4n) is 3.34. The minimum atomic E-state index is 0. The molecule has 0 bridgehead atoms. The zero-order valence-electron chi connectivity index (χ0n) is 18.9. The minimum Gasteiger partial charge on any atom is -0.444 e. The van der Waals surface area contributed by atoms with Gasteiger partial charge < -0.3 is 15.1 Å². The molecule has 33 heavy (non-hydrogen) atoms. The number of oxazole rings is 1. The SMILES string of the molecule is CN=C(NCCc1ccc(-n2cccn2)cc1)NCCc1coc(-c2ccc(C)cc2)n1.I. The van der Waals surface area contributed by atoms with Crippen molar-refractivity contribution in [3.63, 3.8) is 0 Å². The second-order valence-corrected chi connectivity index (χ2v) is 7.55. The van der Waals surface area contributed by atoms with E-state index in [9.17, 15) is 0 Å². The molecule has 0 atom stereocenters. The molecule has 2 aromatic heterocycles. The van der Waals surface area contributed by atoms with Crippen LogP contribution in [0, 0.1) is 6.92 Å². The Hall–Kier alpha value is -3.14. The van der Waals surface area contributed by atoms with Gasteiger partial charge in [0.25, 0.3) is 0 Å². The topological polar surface area (TPSA) is 80.3 Å². The van der Waals surface area contributed by atoms with Crippen molar-refractivity contribution in [2.75, 3.05) is 20.1 Å². The molecule has 4 rings (SSSR count). The molecular formula is C25H29IN6O. The van der Waals surface area contributed by atoms with E-state index in [1.54, 1.807) is 19.5 Å². The number of aliphatic imine (C=N–C) groups is 1. The molecule has 0 amide bonds. The first-order chi connectivity index (χ1) is 15.7. The third-order valence-electron chi connectivity index (χ3n) is 5.16. The highest BCUT2D eigenvalue weighted by Gasteiger charge is 2.07. The van der Waals surface area contributed by atoms with Gasteiger partial charge in [-0.05, 0) is 49.2 Å². The molecule has 0 unspecified atom stereocenters. The van der Waals surface area contributed by atoms with E-state index in [1.807, 2.05) is 29.1 Å². The van der Waals surface area contributed by atoms with E-state index in [2.05, 4.69) is 69.0 Å². The normalized spacial score (nSPS) is 11.2. The molecule has 2 heterocycles. The molecule has 0 fully saturated rings. The molecule has 0 saturated heterocycles. The average molecular weight is 556 g/mol. The van der Waals surface area contributed by atoms with Crippen LogP contribution in [0.3, 0.4) is 0 Å². The predicted octanol–water partition coefficient (Wildman–Crippen LogP) is 4.40. The van der Waals surface area contributed by atoms with Crippen LogP contribution in [-0.2, 0) is 12.8 Å². The quantitative estimate of drug-likeness (QED) is 0.191. The third kappa shape index (κ3) is 6.92. The van der Waals surface area contributed by atoms with Crippen molar-refractivity contribution in [2.24, 2.45) is 4.99 Å². The molecular weight excluding hydrogens is 527 g/mol. The van der Waals surface area contributed by atoms with Crippen LogP contribution >= 0.6 is 24.0 Å². The highest BCUT2D eigenvalue weighted by atomic mass is 127.